The molecule has 1 atom stereocenters. The van der Waals surface area contributed by atoms with Crippen molar-refractivity contribution in [3.63, 3.8) is 0 Å². The minimum atomic E-state index is -0.673. The first-order valence-corrected chi connectivity index (χ1v) is 6.89. The Bertz CT molecular complexity index is 474. The van der Waals surface area contributed by atoms with Crippen LogP contribution in [-0.4, -0.2) is 17.6 Å². The zero-order valence-electron chi connectivity index (χ0n) is 11.4. The largest absolute Gasteiger partial charge is 0.481 e. The topological polar surface area (TPSA) is 38.3 Å². The van der Waals surface area contributed by atoms with E-state index in [2.05, 4.69) is 27.2 Å². The van der Waals surface area contributed by atoms with Crippen molar-refractivity contribution in [2.24, 2.45) is 0 Å². The zero-order chi connectivity index (χ0) is 14.5. The van der Waals surface area contributed by atoms with Crippen LogP contribution in [0.15, 0.2) is 28.7 Å². The van der Waals surface area contributed by atoms with E-state index in [0.717, 1.165) is 4.47 Å². The van der Waals surface area contributed by atoms with Crippen LogP contribution in [0.3, 0.4) is 0 Å². The van der Waals surface area contributed by atoms with Gasteiger partial charge in [0.25, 0.3) is 5.91 Å². The summed E-state index contributed by atoms with van der Waals surface area (Å²) in [6.45, 7) is 5.44. The number of rotatable bonds is 5. The average molecular weight is 324 g/mol. The van der Waals surface area contributed by atoms with Crippen LogP contribution < -0.4 is 10.1 Å². The number of nitrogens with one attached hydrogen (secondary N) is 1. The molecule has 0 spiro atoms. The Morgan fingerprint density at radius 2 is 2.05 bits per heavy atom. The quantitative estimate of drug-likeness (QED) is 0.845. The third-order valence-corrected chi connectivity index (χ3v) is 3.08. The van der Waals surface area contributed by atoms with E-state index < -0.39 is 11.6 Å². The summed E-state index contributed by atoms with van der Waals surface area (Å²) in [6.07, 6.45) is 5.38. The van der Waals surface area contributed by atoms with Crippen LogP contribution in [0.25, 0.3) is 0 Å². The van der Waals surface area contributed by atoms with Crippen molar-refractivity contribution in [1.29, 1.82) is 0 Å². The predicted molar refractivity (Wildman–Crippen MR) is 79.9 cm³/mol. The number of halogens is 1. The Balaban J connectivity index is 2.71. The monoisotopic (exact) mass is 323 g/mol. The van der Waals surface area contributed by atoms with Crippen molar-refractivity contribution in [1.82, 2.24) is 5.32 Å². The summed E-state index contributed by atoms with van der Waals surface area (Å²) in [4.78, 5) is 12.1. The minimum Gasteiger partial charge on any atom is -0.481 e. The molecule has 1 unspecified atom stereocenters. The maximum Gasteiger partial charge on any atom is 0.262 e. The second kappa shape index (κ2) is 6.63. The van der Waals surface area contributed by atoms with E-state index >= 15 is 0 Å². The first-order chi connectivity index (χ1) is 8.88. The molecule has 0 aliphatic heterocycles. The fourth-order valence-electron chi connectivity index (χ4n) is 1.42. The summed E-state index contributed by atoms with van der Waals surface area (Å²) in [5.74, 6) is 2.98. The van der Waals surface area contributed by atoms with E-state index in [1.54, 1.807) is 13.8 Å². The van der Waals surface area contributed by atoms with Gasteiger partial charge < -0.3 is 10.1 Å². The van der Waals surface area contributed by atoms with Gasteiger partial charge in [-0.15, -0.1) is 6.42 Å². The van der Waals surface area contributed by atoms with Crippen LogP contribution in [0.1, 0.15) is 27.2 Å². The highest BCUT2D eigenvalue weighted by atomic mass is 79.9. The highest BCUT2D eigenvalue weighted by Crippen LogP contribution is 2.18. The van der Waals surface area contributed by atoms with Crippen molar-refractivity contribution in [3.05, 3.63) is 28.7 Å². The third kappa shape index (κ3) is 4.96. The lowest BCUT2D eigenvalue weighted by atomic mass is 10.1. The molecular weight excluding hydrogens is 306 g/mol. The lowest BCUT2D eigenvalue weighted by molar-refractivity contribution is -0.129. The predicted octanol–water partition coefficient (Wildman–Crippen LogP) is 3.13. The summed E-state index contributed by atoms with van der Waals surface area (Å²) in [7, 11) is 0. The molecule has 0 saturated carbocycles. The van der Waals surface area contributed by atoms with Crippen LogP contribution in [-0.2, 0) is 4.79 Å². The highest BCUT2D eigenvalue weighted by Gasteiger charge is 2.24. The first kappa shape index (κ1) is 15.6. The van der Waals surface area contributed by atoms with Gasteiger partial charge >= 0.3 is 0 Å². The van der Waals surface area contributed by atoms with Gasteiger partial charge in [-0.1, -0.05) is 28.8 Å². The maximum absolute atomic E-state index is 12.1. The van der Waals surface area contributed by atoms with Crippen molar-refractivity contribution in [2.75, 3.05) is 0 Å². The molecular formula is C15H18BrNO2. The zero-order valence-corrected chi connectivity index (χ0v) is 13.0. The minimum absolute atomic E-state index is 0.201. The standard InChI is InChI=1S/C15H18BrNO2/c1-5-13(14(18)17-15(3,4)6-2)19-12-9-7-11(16)8-10-12/h2,7-10,13H,5H2,1,3-4H3,(H,17,18). The van der Waals surface area contributed by atoms with Crippen LogP contribution in [0, 0.1) is 12.3 Å². The second-order valence-electron chi connectivity index (χ2n) is 4.73. The summed E-state index contributed by atoms with van der Waals surface area (Å²) in [5, 5.41) is 2.78. The van der Waals surface area contributed by atoms with Crippen LogP contribution in [0.4, 0.5) is 0 Å². The van der Waals surface area contributed by atoms with Gasteiger partial charge in [0.05, 0.1) is 5.54 Å². The Morgan fingerprint density at radius 3 is 2.53 bits per heavy atom. The highest BCUT2D eigenvalue weighted by molar-refractivity contribution is 9.10. The molecule has 1 rings (SSSR count). The molecule has 1 N–H and O–H groups in total. The van der Waals surface area contributed by atoms with Gasteiger partial charge in [-0.05, 0) is 44.5 Å². The van der Waals surface area contributed by atoms with Gasteiger partial charge in [-0.3, -0.25) is 4.79 Å². The van der Waals surface area contributed by atoms with Gasteiger partial charge in [-0.25, -0.2) is 0 Å². The normalized spacial score (nSPS) is 12.4. The van der Waals surface area contributed by atoms with Gasteiger partial charge in [0.1, 0.15) is 5.75 Å². The summed E-state index contributed by atoms with van der Waals surface area (Å²) in [6, 6.07) is 7.36. The second-order valence-corrected chi connectivity index (χ2v) is 5.64. The third-order valence-electron chi connectivity index (χ3n) is 2.55. The van der Waals surface area contributed by atoms with Crippen molar-refractivity contribution >= 4 is 21.8 Å². The Hall–Kier alpha value is -1.47. The number of terminal acetylenes is 1. The number of benzene rings is 1. The average Bonchev–Trinajstić information content (AvgIpc) is 2.37. The molecule has 1 aromatic carbocycles. The number of hydrogen-bond acceptors (Lipinski definition) is 2. The molecule has 4 heteroatoms. The summed E-state index contributed by atoms with van der Waals surface area (Å²) in [5.41, 5.74) is -0.673. The summed E-state index contributed by atoms with van der Waals surface area (Å²) < 4.78 is 6.63. The smallest absolute Gasteiger partial charge is 0.262 e. The number of ether oxygens (including phenoxy) is 1. The molecule has 1 aromatic rings. The van der Waals surface area contributed by atoms with Gasteiger partial charge in [-0.2, -0.15) is 0 Å². The number of hydrogen-bond donors (Lipinski definition) is 1. The molecule has 0 saturated heterocycles. The van der Waals surface area contributed by atoms with E-state index in [-0.39, 0.29) is 5.91 Å². The Morgan fingerprint density at radius 1 is 1.47 bits per heavy atom. The van der Waals surface area contributed by atoms with Gasteiger partial charge in [0.15, 0.2) is 6.10 Å². The molecule has 0 aromatic heterocycles. The molecule has 0 heterocycles. The Kier molecular flexibility index (Phi) is 5.44. The molecule has 0 radical (unpaired) electrons. The number of amides is 1. The lowest BCUT2D eigenvalue weighted by Crippen LogP contribution is -2.48. The van der Waals surface area contributed by atoms with E-state index in [9.17, 15) is 4.79 Å². The fraction of sp³-hybridized carbons (Fsp3) is 0.400. The van der Waals surface area contributed by atoms with Crippen LogP contribution in [0.2, 0.25) is 0 Å². The Labute approximate surface area is 122 Å². The van der Waals surface area contributed by atoms with Crippen LogP contribution in [0.5, 0.6) is 5.75 Å². The summed E-state index contributed by atoms with van der Waals surface area (Å²) >= 11 is 3.35. The fourth-order valence-corrected chi connectivity index (χ4v) is 1.69. The van der Waals surface area contributed by atoms with Crippen LogP contribution >= 0.6 is 15.9 Å². The molecule has 19 heavy (non-hydrogen) atoms. The molecule has 0 aliphatic carbocycles. The van der Waals surface area contributed by atoms with E-state index in [0.29, 0.717) is 12.2 Å². The molecule has 0 aliphatic rings. The molecule has 0 bridgehead atoms. The SMILES string of the molecule is C#CC(C)(C)NC(=O)C(CC)Oc1ccc(Br)cc1. The lowest BCUT2D eigenvalue weighted by Gasteiger charge is -2.24. The van der Waals surface area contributed by atoms with E-state index in [1.807, 2.05) is 31.2 Å². The van der Waals surface area contributed by atoms with E-state index in [1.165, 1.54) is 0 Å². The first-order valence-electron chi connectivity index (χ1n) is 6.10. The molecule has 1 amide bonds. The van der Waals surface area contributed by atoms with Crippen molar-refractivity contribution in [2.45, 2.75) is 38.8 Å². The van der Waals surface area contributed by atoms with Gasteiger partial charge in [0.2, 0.25) is 0 Å². The van der Waals surface area contributed by atoms with E-state index in [4.69, 9.17) is 11.2 Å². The molecule has 3 nitrogen and oxygen atoms in total. The van der Waals surface area contributed by atoms with Crippen molar-refractivity contribution in [3.8, 4) is 18.1 Å². The van der Waals surface area contributed by atoms with Crippen molar-refractivity contribution < 1.29 is 9.53 Å². The maximum atomic E-state index is 12.1. The molecule has 0 fully saturated rings. The number of carbonyl (C=O) groups excluding carboxylic acids is 1. The van der Waals surface area contributed by atoms with Gasteiger partial charge in [0, 0.05) is 4.47 Å². The number of carbonyl (C=O) groups is 1. The molecule has 102 valence electrons.